The van der Waals surface area contributed by atoms with Gasteiger partial charge in [0.15, 0.2) is 0 Å². The summed E-state index contributed by atoms with van der Waals surface area (Å²) in [7, 11) is 1.38. The third-order valence-corrected chi connectivity index (χ3v) is 8.46. The second kappa shape index (κ2) is 12.0. The van der Waals surface area contributed by atoms with Gasteiger partial charge < -0.3 is 15.0 Å². The Labute approximate surface area is 246 Å². The Morgan fingerprint density at radius 3 is 2.40 bits per heavy atom. The number of hydrogen-bond acceptors (Lipinski definition) is 4. The van der Waals surface area contributed by atoms with E-state index in [1.165, 1.54) is 12.7 Å². The Morgan fingerprint density at radius 2 is 1.64 bits per heavy atom. The molecule has 6 nitrogen and oxygen atoms in total. The molecule has 212 valence electrons. The maximum Gasteiger partial charge on any atom is 0.337 e. The quantitative estimate of drug-likeness (QED) is 0.282. The molecule has 4 aromatic carbocycles. The third kappa shape index (κ3) is 5.84. The van der Waals surface area contributed by atoms with Crippen molar-refractivity contribution in [1.82, 2.24) is 10.2 Å². The molecule has 0 spiro atoms. The Hall–Kier alpha value is -4.71. The number of hydrogen-bond donors (Lipinski definition) is 1. The van der Waals surface area contributed by atoms with E-state index < -0.39 is 0 Å². The average Bonchev–Trinajstić information content (AvgIpc) is 3.85. The largest absolute Gasteiger partial charge is 0.465 e. The minimum Gasteiger partial charge on any atom is -0.465 e. The topological polar surface area (TPSA) is 75.7 Å². The molecule has 0 saturated heterocycles. The summed E-state index contributed by atoms with van der Waals surface area (Å²) in [5, 5.41) is 3.18. The van der Waals surface area contributed by atoms with Gasteiger partial charge in [-0.15, -0.1) is 0 Å². The number of amides is 2. The fourth-order valence-electron chi connectivity index (χ4n) is 6.07. The van der Waals surface area contributed by atoms with Gasteiger partial charge in [0.2, 0.25) is 11.8 Å². The van der Waals surface area contributed by atoms with E-state index in [0.29, 0.717) is 38.0 Å². The molecule has 0 radical (unpaired) electrons. The van der Waals surface area contributed by atoms with Gasteiger partial charge in [-0.05, 0) is 69.8 Å². The lowest BCUT2D eigenvalue weighted by Crippen LogP contribution is -2.38. The van der Waals surface area contributed by atoms with Gasteiger partial charge in [0.05, 0.1) is 19.1 Å². The van der Waals surface area contributed by atoms with Crippen LogP contribution in [0.3, 0.4) is 0 Å². The first-order chi connectivity index (χ1) is 20.5. The summed E-state index contributed by atoms with van der Waals surface area (Å²) in [6.07, 6.45) is 1.91. The van der Waals surface area contributed by atoms with Gasteiger partial charge in [0.25, 0.3) is 0 Å². The Bertz CT molecular complexity index is 1620. The molecule has 42 heavy (non-hydrogen) atoms. The fourth-order valence-corrected chi connectivity index (χ4v) is 6.07. The first-order valence-corrected chi connectivity index (χ1v) is 14.5. The molecule has 2 atom stereocenters. The van der Waals surface area contributed by atoms with Crippen molar-refractivity contribution in [3.05, 3.63) is 130 Å². The van der Waals surface area contributed by atoms with E-state index in [-0.39, 0.29) is 29.6 Å². The van der Waals surface area contributed by atoms with Gasteiger partial charge in [-0.25, -0.2) is 4.79 Å². The van der Waals surface area contributed by atoms with Crippen molar-refractivity contribution in [3.8, 4) is 11.1 Å². The number of benzene rings is 4. The second-order valence-electron chi connectivity index (χ2n) is 11.1. The van der Waals surface area contributed by atoms with Crippen LogP contribution in [0.25, 0.3) is 11.1 Å². The van der Waals surface area contributed by atoms with Gasteiger partial charge >= 0.3 is 5.97 Å². The van der Waals surface area contributed by atoms with Crippen molar-refractivity contribution in [1.29, 1.82) is 0 Å². The Kier molecular flexibility index (Phi) is 7.87. The molecule has 1 N–H and O–H groups in total. The lowest BCUT2D eigenvalue weighted by atomic mass is 9.87. The van der Waals surface area contributed by atoms with Crippen LogP contribution in [-0.2, 0) is 40.3 Å². The van der Waals surface area contributed by atoms with Gasteiger partial charge in [0, 0.05) is 25.6 Å². The highest BCUT2D eigenvalue weighted by Gasteiger charge is 2.43. The molecule has 4 aromatic rings. The van der Waals surface area contributed by atoms with Crippen LogP contribution in [0.2, 0.25) is 0 Å². The molecular formula is C36H34N2O4. The highest BCUT2D eigenvalue weighted by molar-refractivity contribution is 5.91. The minimum atomic E-state index is -0.378. The normalized spacial score (nSPS) is 17.2. The number of fused-ring (bicyclic) bond motifs is 1. The van der Waals surface area contributed by atoms with Gasteiger partial charge in [0.1, 0.15) is 0 Å². The average molecular weight is 559 g/mol. The lowest BCUT2D eigenvalue weighted by molar-refractivity contribution is -0.131. The number of ether oxygens (including phenoxy) is 1. The number of methoxy groups -OCH3 is 1. The van der Waals surface area contributed by atoms with Crippen LogP contribution in [-0.4, -0.2) is 36.3 Å². The highest BCUT2D eigenvalue weighted by atomic mass is 16.5. The van der Waals surface area contributed by atoms with Crippen molar-refractivity contribution < 1.29 is 19.1 Å². The van der Waals surface area contributed by atoms with Crippen molar-refractivity contribution in [2.75, 3.05) is 13.7 Å². The summed E-state index contributed by atoms with van der Waals surface area (Å²) in [4.78, 5) is 40.6. The lowest BCUT2D eigenvalue weighted by Gasteiger charge is -2.32. The molecule has 2 unspecified atom stereocenters. The van der Waals surface area contributed by atoms with Crippen LogP contribution in [0, 0.1) is 5.92 Å². The van der Waals surface area contributed by atoms with Crippen LogP contribution in [0.1, 0.15) is 50.5 Å². The number of nitrogens with zero attached hydrogens (tertiary/aromatic N) is 1. The molecule has 1 aliphatic heterocycles. The maximum absolute atomic E-state index is 13.3. The molecule has 1 aliphatic carbocycles. The van der Waals surface area contributed by atoms with E-state index in [1.54, 1.807) is 6.07 Å². The van der Waals surface area contributed by atoms with Crippen LogP contribution < -0.4 is 5.32 Å². The molecule has 1 heterocycles. The van der Waals surface area contributed by atoms with Gasteiger partial charge in [-0.1, -0.05) is 84.9 Å². The van der Waals surface area contributed by atoms with E-state index in [2.05, 4.69) is 23.5 Å². The SMILES string of the molecule is COC(=O)c1cccc(-c2ccc(CNC(=O)C3CC3c3ccccc3)c3c2CCN(C(=O)Cc2ccccc2)C3)c1. The van der Waals surface area contributed by atoms with Crippen molar-refractivity contribution in [2.24, 2.45) is 5.92 Å². The zero-order valence-electron chi connectivity index (χ0n) is 23.7. The van der Waals surface area contributed by atoms with Crippen LogP contribution in [0.15, 0.2) is 97.1 Å². The van der Waals surface area contributed by atoms with E-state index in [4.69, 9.17) is 4.74 Å². The molecular weight excluding hydrogens is 524 g/mol. The van der Waals surface area contributed by atoms with Crippen LogP contribution >= 0.6 is 0 Å². The van der Waals surface area contributed by atoms with Crippen molar-refractivity contribution in [3.63, 3.8) is 0 Å². The predicted molar refractivity (Wildman–Crippen MR) is 162 cm³/mol. The molecule has 1 fully saturated rings. The molecule has 6 rings (SSSR count). The van der Waals surface area contributed by atoms with E-state index in [9.17, 15) is 14.4 Å². The van der Waals surface area contributed by atoms with E-state index >= 15 is 0 Å². The summed E-state index contributed by atoms with van der Waals surface area (Å²) in [5.74, 6) is 0.0451. The predicted octanol–water partition coefficient (Wildman–Crippen LogP) is 5.69. The number of carbonyl (C=O) groups is 3. The maximum atomic E-state index is 13.3. The van der Waals surface area contributed by atoms with Gasteiger partial charge in [-0.2, -0.15) is 0 Å². The summed E-state index contributed by atoms with van der Waals surface area (Å²) >= 11 is 0. The first kappa shape index (κ1) is 27.5. The standard InChI is InChI=1S/C36H34N2O4/c1-42-36(41)27-14-8-13-26(20-27)29-16-15-28(22-37-35(40)32-21-31(32)25-11-6-3-7-12-25)33-23-38(18-17-30(29)33)34(39)19-24-9-4-2-5-10-24/h2-16,20,31-32H,17-19,21-23H2,1H3,(H,37,40). The minimum absolute atomic E-state index is 0.00694. The summed E-state index contributed by atoms with van der Waals surface area (Å²) in [6.45, 7) is 1.49. The van der Waals surface area contributed by atoms with Crippen molar-refractivity contribution >= 4 is 17.8 Å². The highest BCUT2D eigenvalue weighted by Crippen LogP contribution is 2.47. The zero-order chi connectivity index (χ0) is 29.1. The van der Waals surface area contributed by atoms with Gasteiger partial charge in [-0.3, -0.25) is 9.59 Å². The number of nitrogens with one attached hydrogen (secondary N) is 1. The molecule has 1 saturated carbocycles. The number of esters is 1. The van der Waals surface area contributed by atoms with Crippen molar-refractivity contribution in [2.45, 2.75) is 38.3 Å². The van der Waals surface area contributed by atoms with E-state index in [1.807, 2.05) is 77.7 Å². The van der Waals surface area contributed by atoms with E-state index in [0.717, 1.165) is 39.8 Å². The molecule has 2 amide bonds. The monoisotopic (exact) mass is 558 g/mol. The summed E-state index contributed by atoms with van der Waals surface area (Å²) in [5.41, 5.74) is 7.89. The summed E-state index contributed by atoms with van der Waals surface area (Å²) in [6, 6.07) is 31.6. The molecule has 6 heteroatoms. The third-order valence-electron chi connectivity index (χ3n) is 8.46. The molecule has 0 aromatic heterocycles. The first-order valence-electron chi connectivity index (χ1n) is 14.5. The zero-order valence-corrected chi connectivity index (χ0v) is 23.7. The Morgan fingerprint density at radius 1 is 0.881 bits per heavy atom. The smallest absolute Gasteiger partial charge is 0.337 e. The second-order valence-corrected chi connectivity index (χ2v) is 11.1. The molecule has 0 bridgehead atoms. The Balaban J connectivity index is 1.25. The fraction of sp³-hybridized carbons (Fsp3) is 0.250. The summed E-state index contributed by atoms with van der Waals surface area (Å²) < 4.78 is 4.94. The number of rotatable bonds is 8. The van der Waals surface area contributed by atoms with Crippen LogP contribution in [0.4, 0.5) is 0 Å². The van der Waals surface area contributed by atoms with Crippen LogP contribution in [0.5, 0.6) is 0 Å². The molecule has 2 aliphatic rings. The number of carbonyl (C=O) groups excluding carboxylic acids is 3.